The number of aliphatic hydroxyl groups excluding tert-OH is 2. The Bertz CT molecular complexity index is 344. The zero-order valence-corrected chi connectivity index (χ0v) is 11.1. The Balaban J connectivity index is 2.30. The van der Waals surface area contributed by atoms with Crippen LogP contribution in [0.2, 0.25) is 0 Å². The fourth-order valence-corrected chi connectivity index (χ4v) is 1.51. The van der Waals surface area contributed by atoms with Gasteiger partial charge in [-0.25, -0.2) is 0 Å². The van der Waals surface area contributed by atoms with Crippen molar-refractivity contribution in [3.8, 4) is 5.75 Å². The Hall–Kier alpha value is -1.10. The predicted octanol–water partition coefficient (Wildman–Crippen LogP) is 0.959. The van der Waals surface area contributed by atoms with Gasteiger partial charge in [0, 0.05) is 12.6 Å². The molecule has 0 radical (unpaired) electrons. The first kappa shape index (κ1) is 15.0. The molecular formula is C14H23NO3. The zero-order chi connectivity index (χ0) is 13.4. The average molecular weight is 253 g/mol. The first-order valence-corrected chi connectivity index (χ1v) is 6.39. The number of hydrogen-bond donors (Lipinski definition) is 3. The van der Waals surface area contributed by atoms with Crippen LogP contribution in [0.5, 0.6) is 5.75 Å². The fraction of sp³-hybridized carbons (Fsp3) is 0.571. The van der Waals surface area contributed by atoms with Crippen molar-refractivity contribution in [2.24, 2.45) is 0 Å². The van der Waals surface area contributed by atoms with Crippen molar-refractivity contribution in [3.05, 3.63) is 29.8 Å². The minimum atomic E-state index is -0.579. The third-order valence-electron chi connectivity index (χ3n) is 2.72. The smallest absolute Gasteiger partial charge is 0.119 e. The zero-order valence-electron chi connectivity index (χ0n) is 11.1. The maximum absolute atomic E-state index is 9.71. The van der Waals surface area contributed by atoms with Gasteiger partial charge in [-0.05, 0) is 31.0 Å². The Kier molecular flexibility index (Phi) is 6.72. The van der Waals surface area contributed by atoms with Gasteiger partial charge in [-0.1, -0.05) is 19.1 Å². The van der Waals surface area contributed by atoms with Crippen molar-refractivity contribution in [2.45, 2.75) is 32.4 Å². The maximum atomic E-state index is 9.71. The Labute approximate surface area is 109 Å². The van der Waals surface area contributed by atoms with E-state index in [1.54, 1.807) is 0 Å². The molecule has 0 spiro atoms. The Morgan fingerprint density at radius 2 is 2.17 bits per heavy atom. The molecular weight excluding hydrogens is 230 g/mol. The van der Waals surface area contributed by atoms with Gasteiger partial charge in [0.05, 0.1) is 6.61 Å². The topological polar surface area (TPSA) is 61.7 Å². The third kappa shape index (κ3) is 5.49. The molecule has 4 heteroatoms. The minimum Gasteiger partial charge on any atom is -0.491 e. The molecule has 0 aliphatic rings. The molecule has 4 nitrogen and oxygen atoms in total. The highest BCUT2D eigenvalue weighted by atomic mass is 16.5. The second-order valence-electron chi connectivity index (χ2n) is 4.46. The summed E-state index contributed by atoms with van der Waals surface area (Å²) < 4.78 is 5.52. The van der Waals surface area contributed by atoms with Crippen LogP contribution in [0.15, 0.2) is 24.3 Å². The van der Waals surface area contributed by atoms with E-state index >= 15 is 0 Å². The van der Waals surface area contributed by atoms with E-state index in [1.165, 1.54) is 5.56 Å². The van der Waals surface area contributed by atoms with Crippen molar-refractivity contribution < 1.29 is 14.9 Å². The molecule has 0 aromatic heterocycles. The van der Waals surface area contributed by atoms with Crippen molar-refractivity contribution in [1.29, 1.82) is 0 Å². The van der Waals surface area contributed by atoms with Crippen LogP contribution in [0.3, 0.4) is 0 Å². The van der Waals surface area contributed by atoms with Gasteiger partial charge in [0.15, 0.2) is 0 Å². The van der Waals surface area contributed by atoms with Crippen LogP contribution in [0, 0.1) is 0 Å². The molecule has 1 aromatic carbocycles. The van der Waals surface area contributed by atoms with E-state index in [0.717, 1.165) is 12.2 Å². The van der Waals surface area contributed by atoms with Crippen molar-refractivity contribution in [3.63, 3.8) is 0 Å². The molecule has 0 saturated heterocycles. The maximum Gasteiger partial charge on any atom is 0.119 e. The molecule has 0 bridgehead atoms. The SMILES string of the molecule is CCc1cccc(OCC(O)CNC(C)CO)c1. The lowest BCUT2D eigenvalue weighted by Gasteiger charge is -2.16. The molecule has 0 aliphatic carbocycles. The third-order valence-corrected chi connectivity index (χ3v) is 2.72. The van der Waals surface area contributed by atoms with Crippen LogP contribution < -0.4 is 10.1 Å². The molecule has 0 amide bonds. The van der Waals surface area contributed by atoms with Crippen molar-refractivity contribution in [2.75, 3.05) is 19.8 Å². The van der Waals surface area contributed by atoms with E-state index < -0.39 is 6.10 Å². The van der Waals surface area contributed by atoms with Gasteiger partial charge in [0.2, 0.25) is 0 Å². The lowest BCUT2D eigenvalue weighted by molar-refractivity contribution is 0.101. The summed E-state index contributed by atoms with van der Waals surface area (Å²) in [5, 5.41) is 21.6. The molecule has 1 rings (SSSR count). The van der Waals surface area contributed by atoms with Gasteiger partial charge in [0.25, 0.3) is 0 Å². The standard InChI is InChI=1S/C14H23NO3/c1-3-12-5-4-6-14(7-12)18-10-13(17)8-15-11(2)9-16/h4-7,11,13,15-17H,3,8-10H2,1-2H3. The van der Waals surface area contributed by atoms with Gasteiger partial charge in [-0.3, -0.25) is 0 Å². The van der Waals surface area contributed by atoms with Crippen LogP contribution in [0.4, 0.5) is 0 Å². The summed E-state index contributed by atoms with van der Waals surface area (Å²) >= 11 is 0. The molecule has 1 aromatic rings. The highest BCUT2D eigenvalue weighted by Crippen LogP contribution is 2.13. The van der Waals surface area contributed by atoms with E-state index in [4.69, 9.17) is 9.84 Å². The first-order valence-electron chi connectivity index (χ1n) is 6.39. The Morgan fingerprint density at radius 3 is 2.83 bits per heavy atom. The van der Waals surface area contributed by atoms with E-state index in [2.05, 4.69) is 12.2 Å². The fourth-order valence-electron chi connectivity index (χ4n) is 1.51. The number of benzene rings is 1. The van der Waals surface area contributed by atoms with E-state index in [1.807, 2.05) is 31.2 Å². The number of nitrogens with one attached hydrogen (secondary N) is 1. The molecule has 2 atom stereocenters. The lowest BCUT2D eigenvalue weighted by Crippen LogP contribution is -2.38. The number of hydrogen-bond acceptors (Lipinski definition) is 4. The largest absolute Gasteiger partial charge is 0.491 e. The second-order valence-corrected chi connectivity index (χ2v) is 4.46. The number of rotatable bonds is 8. The minimum absolute atomic E-state index is 0.0110. The molecule has 0 heterocycles. The van der Waals surface area contributed by atoms with E-state index in [0.29, 0.717) is 6.54 Å². The van der Waals surface area contributed by atoms with Crippen LogP contribution >= 0.6 is 0 Å². The van der Waals surface area contributed by atoms with Gasteiger partial charge < -0.3 is 20.3 Å². The molecule has 0 saturated carbocycles. The summed E-state index contributed by atoms with van der Waals surface area (Å²) in [4.78, 5) is 0. The highest BCUT2D eigenvalue weighted by Gasteiger charge is 2.07. The van der Waals surface area contributed by atoms with E-state index in [9.17, 15) is 5.11 Å². The second kappa shape index (κ2) is 8.08. The van der Waals surface area contributed by atoms with Crippen molar-refractivity contribution in [1.82, 2.24) is 5.32 Å². The highest BCUT2D eigenvalue weighted by molar-refractivity contribution is 5.28. The summed E-state index contributed by atoms with van der Waals surface area (Å²) in [5.41, 5.74) is 1.22. The molecule has 3 N–H and O–H groups in total. The molecule has 2 unspecified atom stereocenters. The number of ether oxygens (including phenoxy) is 1. The predicted molar refractivity (Wildman–Crippen MR) is 71.9 cm³/mol. The summed E-state index contributed by atoms with van der Waals surface area (Å²) in [6, 6.07) is 7.86. The summed E-state index contributed by atoms with van der Waals surface area (Å²) in [6.45, 7) is 4.67. The first-order chi connectivity index (χ1) is 8.65. The summed E-state index contributed by atoms with van der Waals surface area (Å²) in [5.74, 6) is 0.781. The van der Waals surface area contributed by atoms with Crippen molar-refractivity contribution >= 4 is 0 Å². The molecule has 0 aliphatic heterocycles. The Morgan fingerprint density at radius 1 is 1.39 bits per heavy atom. The lowest BCUT2D eigenvalue weighted by atomic mass is 10.2. The van der Waals surface area contributed by atoms with Gasteiger partial charge >= 0.3 is 0 Å². The van der Waals surface area contributed by atoms with Gasteiger partial charge in [-0.15, -0.1) is 0 Å². The van der Waals surface area contributed by atoms with Crippen LogP contribution in [0.1, 0.15) is 19.4 Å². The monoisotopic (exact) mass is 253 g/mol. The molecule has 0 fully saturated rings. The van der Waals surface area contributed by atoms with Gasteiger partial charge in [-0.2, -0.15) is 0 Å². The average Bonchev–Trinajstić information content (AvgIpc) is 2.42. The van der Waals surface area contributed by atoms with Gasteiger partial charge in [0.1, 0.15) is 18.5 Å². The van der Waals surface area contributed by atoms with Crippen LogP contribution in [-0.2, 0) is 6.42 Å². The number of aliphatic hydroxyl groups is 2. The normalized spacial score (nSPS) is 14.2. The molecule has 18 heavy (non-hydrogen) atoms. The summed E-state index contributed by atoms with van der Waals surface area (Å²) in [6.07, 6.45) is 0.388. The summed E-state index contributed by atoms with van der Waals surface area (Å²) in [7, 11) is 0. The van der Waals surface area contributed by atoms with Crippen LogP contribution in [0.25, 0.3) is 0 Å². The van der Waals surface area contributed by atoms with Crippen LogP contribution in [-0.4, -0.2) is 42.1 Å². The molecule has 102 valence electrons. The number of aryl methyl sites for hydroxylation is 1. The van der Waals surface area contributed by atoms with E-state index in [-0.39, 0.29) is 19.3 Å². The quantitative estimate of drug-likeness (QED) is 0.646.